The number of carbonyl (C=O) groups excluding carboxylic acids is 2. The first kappa shape index (κ1) is 17.5. The maximum atomic E-state index is 12.9. The van der Waals surface area contributed by atoms with Crippen LogP contribution in [-0.4, -0.2) is 42.8 Å². The molecule has 2 heterocycles. The minimum Gasteiger partial charge on any atom is -0.497 e. The van der Waals surface area contributed by atoms with Crippen molar-refractivity contribution < 1.29 is 23.8 Å². The molecule has 0 aromatic heterocycles. The van der Waals surface area contributed by atoms with Crippen molar-refractivity contribution in [3.05, 3.63) is 36.4 Å². The van der Waals surface area contributed by atoms with Crippen LogP contribution in [0.25, 0.3) is 0 Å². The lowest BCUT2D eigenvalue weighted by Gasteiger charge is -2.37. The normalized spacial score (nSPS) is 25.0. The first-order chi connectivity index (χ1) is 11.8. The van der Waals surface area contributed by atoms with Crippen LogP contribution in [0.1, 0.15) is 27.2 Å². The van der Waals surface area contributed by atoms with Gasteiger partial charge in [0.05, 0.1) is 13.2 Å². The van der Waals surface area contributed by atoms with Crippen LogP contribution in [-0.2, 0) is 14.3 Å². The highest BCUT2D eigenvalue weighted by Crippen LogP contribution is 2.32. The van der Waals surface area contributed by atoms with Gasteiger partial charge in [-0.15, -0.1) is 0 Å². The Morgan fingerprint density at radius 1 is 1.20 bits per heavy atom. The molecule has 134 valence electrons. The Bertz CT molecular complexity index is 689. The number of carbonyl (C=O) groups is 2. The number of fused-ring (bicyclic) bond motifs is 2. The van der Waals surface area contributed by atoms with Gasteiger partial charge >= 0.3 is 6.09 Å². The predicted molar refractivity (Wildman–Crippen MR) is 92.9 cm³/mol. The highest BCUT2D eigenvalue weighted by atomic mass is 16.6. The van der Waals surface area contributed by atoms with Gasteiger partial charge in [0.15, 0.2) is 5.78 Å². The van der Waals surface area contributed by atoms with Crippen LogP contribution in [0.3, 0.4) is 0 Å². The van der Waals surface area contributed by atoms with E-state index in [0.717, 1.165) is 0 Å². The third kappa shape index (κ3) is 3.69. The summed E-state index contributed by atoms with van der Waals surface area (Å²) in [6.45, 7) is 5.38. The molecule has 6 heteroatoms. The molecule has 25 heavy (non-hydrogen) atoms. The SMILES string of the molecule is COc1ccc(N(C(=O)OC(C)(C)C)[C@@H]2C(=O)C[C@@H]3C=C[C@H]2O3)cc1. The fraction of sp³-hybridized carbons (Fsp3) is 0.474. The Hall–Kier alpha value is -2.34. The molecule has 3 atom stereocenters. The Morgan fingerprint density at radius 2 is 1.88 bits per heavy atom. The van der Waals surface area contributed by atoms with Crippen molar-refractivity contribution in [1.29, 1.82) is 0 Å². The maximum Gasteiger partial charge on any atom is 0.415 e. The zero-order valence-electron chi connectivity index (χ0n) is 14.9. The Morgan fingerprint density at radius 3 is 2.48 bits per heavy atom. The second kappa shape index (κ2) is 6.52. The van der Waals surface area contributed by atoms with Gasteiger partial charge < -0.3 is 14.2 Å². The number of benzene rings is 1. The molecule has 1 fully saturated rings. The first-order valence-corrected chi connectivity index (χ1v) is 8.31. The minimum atomic E-state index is -0.738. The van der Waals surface area contributed by atoms with Gasteiger partial charge in [0.1, 0.15) is 23.5 Å². The van der Waals surface area contributed by atoms with Gasteiger partial charge in [-0.2, -0.15) is 0 Å². The van der Waals surface area contributed by atoms with Crippen molar-refractivity contribution in [2.75, 3.05) is 12.0 Å². The van der Waals surface area contributed by atoms with E-state index in [1.807, 2.05) is 12.2 Å². The van der Waals surface area contributed by atoms with Crippen molar-refractivity contribution in [1.82, 2.24) is 0 Å². The quantitative estimate of drug-likeness (QED) is 0.788. The standard InChI is InChI=1S/C19H23NO5/c1-19(2,3)25-18(22)20(12-5-7-13(23-4)8-6-12)17-15(21)11-14-9-10-16(17)24-14/h5-10,14,16-17H,11H2,1-4H3/t14-,16+,17+/m0/s1. The fourth-order valence-electron chi connectivity index (χ4n) is 3.05. The summed E-state index contributed by atoms with van der Waals surface area (Å²) in [6, 6.07) is 6.22. The molecule has 0 N–H and O–H groups in total. The van der Waals surface area contributed by atoms with E-state index < -0.39 is 23.8 Å². The Balaban J connectivity index is 1.97. The molecule has 1 amide bonds. The number of hydrogen-bond acceptors (Lipinski definition) is 5. The summed E-state index contributed by atoms with van der Waals surface area (Å²) < 4.78 is 16.5. The maximum absolute atomic E-state index is 12.9. The summed E-state index contributed by atoms with van der Waals surface area (Å²) in [5.74, 6) is 0.632. The second-order valence-electron chi connectivity index (χ2n) is 7.19. The van der Waals surface area contributed by atoms with Crippen molar-refractivity contribution in [3.8, 4) is 5.75 Å². The molecule has 0 unspecified atom stereocenters. The molecule has 0 saturated carbocycles. The van der Waals surface area contributed by atoms with Gasteiger partial charge in [-0.05, 0) is 45.0 Å². The summed E-state index contributed by atoms with van der Waals surface area (Å²) in [4.78, 5) is 26.9. The minimum absolute atomic E-state index is 0.0343. The molecule has 2 aliphatic heterocycles. The molecule has 0 aliphatic carbocycles. The summed E-state index contributed by atoms with van der Waals surface area (Å²) in [5, 5.41) is 0. The number of methoxy groups -OCH3 is 1. The molecule has 3 rings (SSSR count). The molecule has 2 aliphatic rings. The molecular weight excluding hydrogens is 322 g/mol. The molecule has 1 aromatic rings. The molecule has 1 saturated heterocycles. The van der Waals surface area contributed by atoms with E-state index in [-0.39, 0.29) is 18.3 Å². The first-order valence-electron chi connectivity index (χ1n) is 8.31. The number of rotatable bonds is 3. The van der Waals surface area contributed by atoms with Crippen molar-refractivity contribution in [2.45, 2.75) is 51.0 Å². The van der Waals surface area contributed by atoms with Gasteiger partial charge in [0.2, 0.25) is 0 Å². The zero-order valence-corrected chi connectivity index (χ0v) is 14.9. The number of Topliss-reactive ketones (excluding diaryl/α,β-unsaturated/α-hetero) is 1. The number of ketones is 1. The van der Waals surface area contributed by atoms with E-state index in [2.05, 4.69) is 0 Å². The third-order valence-corrected chi connectivity index (χ3v) is 4.11. The summed E-state index contributed by atoms with van der Waals surface area (Å²) >= 11 is 0. The van der Waals surface area contributed by atoms with E-state index in [1.165, 1.54) is 4.90 Å². The van der Waals surface area contributed by atoms with Gasteiger partial charge in [-0.1, -0.05) is 12.2 Å². The number of hydrogen-bond donors (Lipinski definition) is 0. The lowest BCUT2D eigenvalue weighted by atomic mass is 9.99. The van der Waals surface area contributed by atoms with E-state index in [9.17, 15) is 9.59 Å². The lowest BCUT2D eigenvalue weighted by Crippen LogP contribution is -2.55. The lowest BCUT2D eigenvalue weighted by molar-refractivity contribution is -0.131. The van der Waals surface area contributed by atoms with Crippen molar-refractivity contribution in [2.24, 2.45) is 0 Å². The van der Waals surface area contributed by atoms with Crippen LogP contribution in [0, 0.1) is 0 Å². The van der Waals surface area contributed by atoms with Gasteiger partial charge in [-0.3, -0.25) is 9.69 Å². The Labute approximate surface area is 147 Å². The van der Waals surface area contributed by atoms with E-state index in [0.29, 0.717) is 11.4 Å². The number of amides is 1. The summed E-state index contributed by atoms with van der Waals surface area (Å²) in [6.07, 6.45) is 2.77. The predicted octanol–water partition coefficient (Wildman–Crippen LogP) is 3.10. The van der Waals surface area contributed by atoms with Crippen molar-refractivity contribution in [3.63, 3.8) is 0 Å². The van der Waals surface area contributed by atoms with E-state index >= 15 is 0 Å². The summed E-state index contributed by atoms with van der Waals surface area (Å²) in [5.41, 5.74) is -0.107. The topological polar surface area (TPSA) is 65.1 Å². The molecule has 2 bridgehead atoms. The van der Waals surface area contributed by atoms with Crippen LogP contribution in [0.5, 0.6) is 5.75 Å². The Kier molecular flexibility index (Phi) is 4.56. The highest BCUT2D eigenvalue weighted by molar-refractivity contribution is 6.00. The van der Waals surface area contributed by atoms with Crippen LogP contribution in [0.15, 0.2) is 36.4 Å². The average Bonchev–Trinajstić information content (AvgIpc) is 2.92. The van der Waals surface area contributed by atoms with E-state index in [4.69, 9.17) is 14.2 Å². The molecule has 1 aromatic carbocycles. The van der Waals surface area contributed by atoms with Crippen LogP contribution in [0.4, 0.5) is 10.5 Å². The number of anilines is 1. The average molecular weight is 345 g/mol. The van der Waals surface area contributed by atoms with Crippen molar-refractivity contribution >= 4 is 17.6 Å². The van der Waals surface area contributed by atoms with Gasteiger partial charge in [0, 0.05) is 12.1 Å². The molecule has 0 radical (unpaired) electrons. The fourth-order valence-corrected chi connectivity index (χ4v) is 3.05. The molecule has 0 spiro atoms. The monoisotopic (exact) mass is 345 g/mol. The van der Waals surface area contributed by atoms with Crippen LogP contribution < -0.4 is 9.64 Å². The molecular formula is C19H23NO5. The number of ether oxygens (including phenoxy) is 3. The zero-order chi connectivity index (χ0) is 18.2. The van der Waals surface area contributed by atoms with Crippen LogP contribution in [0.2, 0.25) is 0 Å². The largest absolute Gasteiger partial charge is 0.497 e. The molecule has 6 nitrogen and oxygen atoms in total. The van der Waals surface area contributed by atoms with Gasteiger partial charge in [0.25, 0.3) is 0 Å². The number of nitrogens with zero attached hydrogens (tertiary/aromatic N) is 1. The van der Waals surface area contributed by atoms with E-state index in [1.54, 1.807) is 52.1 Å². The second-order valence-corrected chi connectivity index (χ2v) is 7.19. The van der Waals surface area contributed by atoms with Crippen LogP contribution >= 0.6 is 0 Å². The third-order valence-electron chi connectivity index (χ3n) is 4.11. The van der Waals surface area contributed by atoms with Gasteiger partial charge in [-0.25, -0.2) is 4.79 Å². The smallest absolute Gasteiger partial charge is 0.415 e. The summed E-state index contributed by atoms with van der Waals surface area (Å²) in [7, 11) is 1.57. The highest BCUT2D eigenvalue weighted by Gasteiger charge is 2.45.